The fourth-order valence-electron chi connectivity index (χ4n) is 2.18. The Labute approximate surface area is 113 Å². The summed E-state index contributed by atoms with van der Waals surface area (Å²) in [6, 6.07) is 5.51. The third-order valence-corrected chi connectivity index (χ3v) is 4.83. The molecule has 6 heteroatoms. The van der Waals surface area contributed by atoms with E-state index in [1.807, 2.05) is 25.1 Å². The third kappa shape index (κ3) is 3.53. The van der Waals surface area contributed by atoms with E-state index in [0.29, 0.717) is 24.5 Å². The molecule has 106 valence electrons. The number of hydrogen-bond acceptors (Lipinski definition) is 5. The second kappa shape index (κ2) is 5.69. The van der Waals surface area contributed by atoms with Crippen LogP contribution >= 0.6 is 0 Å². The molecule has 1 atom stereocenters. The average molecular weight is 285 g/mol. The van der Waals surface area contributed by atoms with E-state index in [4.69, 9.17) is 9.47 Å². The van der Waals surface area contributed by atoms with Gasteiger partial charge in [-0.25, -0.2) is 8.42 Å². The molecule has 0 amide bonds. The highest BCUT2D eigenvalue weighted by Crippen LogP contribution is 2.31. The summed E-state index contributed by atoms with van der Waals surface area (Å²) in [5.41, 5.74) is 0.849. The molecule has 1 N–H and O–H groups in total. The Morgan fingerprint density at radius 1 is 1.37 bits per heavy atom. The molecule has 1 aromatic rings. The van der Waals surface area contributed by atoms with Gasteiger partial charge in [0.1, 0.15) is 0 Å². The van der Waals surface area contributed by atoms with Gasteiger partial charge in [0.25, 0.3) is 0 Å². The van der Waals surface area contributed by atoms with Crippen molar-refractivity contribution in [3.8, 4) is 11.5 Å². The first-order valence-corrected chi connectivity index (χ1v) is 8.14. The van der Waals surface area contributed by atoms with Crippen molar-refractivity contribution >= 4 is 15.5 Å². The molecule has 0 aromatic heterocycles. The number of nitrogens with one attached hydrogen (secondary N) is 1. The Hall–Kier alpha value is -1.43. The van der Waals surface area contributed by atoms with Crippen LogP contribution in [0.25, 0.3) is 0 Å². The van der Waals surface area contributed by atoms with Gasteiger partial charge in [0.15, 0.2) is 21.3 Å². The second-order valence-electron chi connectivity index (χ2n) is 4.54. The summed E-state index contributed by atoms with van der Waals surface area (Å²) in [6.07, 6.45) is 0.651. The molecule has 0 saturated carbocycles. The van der Waals surface area contributed by atoms with Gasteiger partial charge in [-0.1, -0.05) is 0 Å². The van der Waals surface area contributed by atoms with E-state index in [-0.39, 0.29) is 17.5 Å². The van der Waals surface area contributed by atoms with Gasteiger partial charge in [-0.2, -0.15) is 0 Å². The molecule has 0 aliphatic carbocycles. The number of methoxy groups -OCH3 is 1. The van der Waals surface area contributed by atoms with E-state index in [1.54, 1.807) is 7.11 Å². The van der Waals surface area contributed by atoms with Crippen LogP contribution in [0.5, 0.6) is 11.5 Å². The Morgan fingerprint density at radius 2 is 2.16 bits per heavy atom. The Balaban J connectivity index is 2.09. The lowest BCUT2D eigenvalue weighted by atomic mass is 10.2. The van der Waals surface area contributed by atoms with Crippen molar-refractivity contribution in [2.45, 2.75) is 19.4 Å². The number of hydrogen-bond donors (Lipinski definition) is 1. The van der Waals surface area contributed by atoms with Crippen LogP contribution in [0.1, 0.15) is 13.3 Å². The molecular formula is C13H19NO4S. The van der Waals surface area contributed by atoms with Crippen LogP contribution in [-0.2, 0) is 9.84 Å². The van der Waals surface area contributed by atoms with Gasteiger partial charge < -0.3 is 14.8 Å². The summed E-state index contributed by atoms with van der Waals surface area (Å²) in [5, 5.41) is 3.23. The molecule has 0 bridgehead atoms. The summed E-state index contributed by atoms with van der Waals surface area (Å²) in [4.78, 5) is 0. The first kappa shape index (κ1) is 14.0. The highest BCUT2D eigenvalue weighted by molar-refractivity contribution is 7.91. The maximum atomic E-state index is 11.4. The van der Waals surface area contributed by atoms with Gasteiger partial charge >= 0.3 is 0 Å². The molecule has 1 heterocycles. The summed E-state index contributed by atoms with van der Waals surface area (Å²) in [5.74, 6) is 1.80. The Morgan fingerprint density at radius 3 is 2.74 bits per heavy atom. The van der Waals surface area contributed by atoms with E-state index < -0.39 is 9.84 Å². The van der Waals surface area contributed by atoms with Gasteiger partial charge in [0.2, 0.25) is 0 Å². The van der Waals surface area contributed by atoms with Crippen LogP contribution in [0.3, 0.4) is 0 Å². The van der Waals surface area contributed by atoms with E-state index in [0.717, 1.165) is 5.69 Å². The topological polar surface area (TPSA) is 64.6 Å². The maximum absolute atomic E-state index is 11.4. The highest BCUT2D eigenvalue weighted by atomic mass is 32.2. The van der Waals surface area contributed by atoms with Crippen molar-refractivity contribution < 1.29 is 17.9 Å². The fraction of sp³-hybridized carbons (Fsp3) is 0.538. The van der Waals surface area contributed by atoms with Crippen molar-refractivity contribution in [2.75, 3.05) is 30.5 Å². The van der Waals surface area contributed by atoms with Crippen molar-refractivity contribution in [2.24, 2.45) is 0 Å². The van der Waals surface area contributed by atoms with Crippen LogP contribution in [0.15, 0.2) is 18.2 Å². The van der Waals surface area contributed by atoms with Crippen molar-refractivity contribution in [1.29, 1.82) is 0 Å². The molecule has 5 nitrogen and oxygen atoms in total. The van der Waals surface area contributed by atoms with Crippen molar-refractivity contribution in [3.05, 3.63) is 18.2 Å². The first-order valence-electron chi connectivity index (χ1n) is 6.32. The van der Waals surface area contributed by atoms with Gasteiger partial charge in [0, 0.05) is 17.8 Å². The summed E-state index contributed by atoms with van der Waals surface area (Å²) >= 11 is 0. The van der Waals surface area contributed by atoms with Crippen molar-refractivity contribution in [1.82, 2.24) is 0 Å². The predicted octanol–water partition coefficient (Wildman–Crippen LogP) is 1.69. The third-order valence-electron chi connectivity index (χ3n) is 3.07. The second-order valence-corrected chi connectivity index (χ2v) is 6.77. The average Bonchev–Trinajstić information content (AvgIpc) is 2.71. The molecule has 1 unspecified atom stereocenters. The number of benzene rings is 1. The lowest BCUT2D eigenvalue weighted by molar-refractivity contribution is 0.311. The largest absolute Gasteiger partial charge is 0.493 e. The van der Waals surface area contributed by atoms with E-state index in [1.165, 1.54) is 0 Å². The number of ether oxygens (including phenoxy) is 2. The monoisotopic (exact) mass is 285 g/mol. The van der Waals surface area contributed by atoms with Gasteiger partial charge in [0.05, 0.1) is 25.2 Å². The minimum absolute atomic E-state index is 0.0207. The summed E-state index contributed by atoms with van der Waals surface area (Å²) in [6.45, 7) is 2.49. The SMILES string of the molecule is CCOc1ccc(NC2CCS(=O)(=O)C2)cc1OC. The molecule has 1 aromatic carbocycles. The zero-order valence-corrected chi connectivity index (χ0v) is 12.0. The zero-order valence-electron chi connectivity index (χ0n) is 11.2. The maximum Gasteiger partial charge on any atom is 0.162 e. The smallest absolute Gasteiger partial charge is 0.162 e. The zero-order chi connectivity index (χ0) is 13.9. The molecule has 1 saturated heterocycles. The van der Waals surface area contributed by atoms with Crippen LogP contribution in [0.2, 0.25) is 0 Å². The molecular weight excluding hydrogens is 266 g/mol. The van der Waals surface area contributed by atoms with Crippen molar-refractivity contribution in [3.63, 3.8) is 0 Å². The molecule has 1 aliphatic heterocycles. The van der Waals surface area contributed by atoms with E-state index >= 15 is 0 Å². The van der Waals surface area contributed by atoms with Gasteiger partial charge in [-0.3, -0.25) is 0 Å². The normalized spacial score (nSPS) is 21.1. The quantitative estimate of drug-likeness (QED) is 0.892. The molecule has 0 radical (unpaired) electrons. The number of rotatable bonds is 5. The first-order chi connectivity index (χ1) is 9.04. The Bertz CT molecular complexity index is 542. The summed E-state index contributed by atoms with van der Waals surface area (Å²) in [7, 11) is -1.28. The molecule has 19 heavy (non-hydrogen) atoms. The minimum atomic E-state index is -2.87. The summed E-state index contributed by atoms with van der Waals surface area (Å²) < 4.78 is 33.5. The molecule has 1 aliphatic rings. The highest BCUT2D eigenvalue weighted by Gasteiger charge is 2.27. The molecule has 2 rings (SSSR count). The lowest BCUT2D eigenvalue weighted by Gasteiger charge is -2.15. The number of anilines is 1. The van der Waals surface area contributed by atoms with E-state index in [2.05, 4.69) is 5.32 Å². The van der Waals surface area contributed by atoms with E-state index in [9.17, 15) is 8.42 Å². The van der Waals surface area contributed by atoms with Crippen LogP contribution in [0, 0.1) is 0 Å². The molecule has 1 fully saturated rings. The number of sulfone groups is 1. The van der Waals surface area contributed by atoms with Crippen LogP contribution < -0.4 is 14.8 Å². The van der Waals surface area contributed by atoms with Gasteiger partial charge in [-0.05, 0) is 25.5 Å². The fourth-order valence-corrected chi connectivity index (χ4v) is 3.85. The predicted molar refractivity (Wildman–Crippen MR) is 74.8 cm³/mol. The van der Waals surface area contributed by atoms with Gasteiger partial charge in [-0.15, -0.1) is 0 Å². The standard InChI is InChI=1S/C13H19NO4S/c1-3-18-12-5-4-10(8-13(12)17-2)14-11-6-7-19(15,16)9-11/h4-5,8,11,14H,3,6-7,9H2,1-2H3. The molecule has 0 spiro atoms. The lowest BCUT2D eigenvalue weighted by Crippen LogP contribution is -2.20. The van der Waals surface area contributed by atoms with Crippen LogP contribution in [0.4, 0.5) is 5.69 Å². The van der Waals surface area contributed by atoms with Crippen LogP contribution in [-0.4, -0.2) is 39.7 Å². The Kier molecular flexibility index (Phi) is 4.19. The minimum Gasteiger partial charge on any atom is -0.493 e.